The number of nitrogens with zero attached hydrogens (tertiary/aromatic N) is 3. The Bertz CT molecular complexity index is 376. The molecule has 0 spiro atoms. The Hall–Kier alpha value is -1.43. The zero-order valence-electron chi connectivity index (χ0n) is 11.4. The summed E-state index contributed by atoms with van der Waals surface area (Å²) in [5, 5.41) is 10.8. The van der Waals surface area contributed by atoms with E-state index in [4.69, 9.17) is 5.73 Å². The average Bonchev–Trinajstić information content (AvgIpc) is 2.84. The van der Waals surface area contributed by atoms with E-state index >= 15 is 0 Å². The molecule has 1 rings (SSSR count). The molecule has 1 heterocycles. The highest BCUT2D eigenvalue weighted by Gasteiger charge is 2.17. The highest BCUT2D eigenvalue weighted by molar-refractivity contribution is 5.79. The van der Waals surface area contributed by atoms with Crippen molar-refractivity contribution in [2.45, 2.75) is 52.1 Å². The minimum absolute atomic E-state index is 0.0441. The van der Waals surface area contributed by atoms with E-state index < -0.39 is 0 Å². The zero-order chi connectivity index (χ0) is 13.5. The summed E-state index contributed by atoms with van der Waals surface area (Å²) in [6.45, 7) is 6.57. The molecule has 0 aliphatic rings. The van der Waals surface area contributed by atoms with E-state index in [2.05, 4.69) is 22.6 Å². The van der Waals surface area contributed by atoms with Crippen molar-refractivity contribution >= 4 is 5.91 Å². The fourth-order valence-corrected chi connectivity index (χ4v) is 1.62. The van der Waals surface area contributed by atoms with Crippen LogP contribution in [-0.4, -0.2) is 27.4 Å². The maximum atomic E-state index is 11.8. The molecule has 18 heavy (non-hydrogen) atoms. The molecule has 0 saturated carbocycles. The van der Waals surface area contributed by atoms with Gasteiger partial charge in [0.25, 0.3) is 0 Å². The Morgan fingerprint density at radius 3 is 2.83 bits per heavy atom. The van der Waals surface area contributed by atoms with Crippen LogP contribution in [0.5, 0.6) is 0 Å². The fourth-order valence-electron chi connectivity index (χ4n) is 1.62. The second kappa shape index (κ2) is 7.10. The molecule has 1 aromatic heterocycles. The lowest BCUT2D eigenvalue weighted by molar-refractivity contribution is -0.124. The summed E-state index contributed by atoms with van der Waals surface area (Å²) in [6, 6.07) is -0.457. The third-order valence-corrected chi connectivity index (χ3v) is 2.83. The SMILES string of the molecule is CCCNC(=O)C(C)n1cc(C(N)CCC)nn1. The molecule has 0 aliphatic heterocycles. The van der Waals surface area contributed by atoms with Gasteiger partial charge in [0.15, 0.2) is 0 Å². The van der Waals surface area contributed by atoms with Crippen molar-refractivity contribution < 1.29 is 4.79 Å². The van der Waals surface area contributed by atoms with E-state index in [0.29, 0.717) is 6.54 Å². The third-order valence-electron chi connectivity index (χ3n) is 2.83. The van der Waals surface area contributed by atoms with E-state index in [0.717, 1.165) is 25.0 Å². The van der Waals surface area contributed by atoms with Gasteiger partial charge in [0.2, 0.25) is 5.91 Å². The van der Waals surface area contributed by atoms with Crippen LogP contribution in [0.1, 0.15) is 57.8 Å². The van der Waals surface area contributed by atoms with Crippen LogP contribution < -0.4 is 11.1 Å². The number of aromatic nitrogens is 3. The van der Waals surface area contributed by atoms with Crippen molar-refractivity contribution in [2.24, 2.45) is 5.73 Å². The minimum Gasteiger partial charge on any atom is -0.354 e. The average molecular weight is 253 g/mol. The van der Waals surface area contributed by atoms with Crippen LogP contribution in [0, 0.1) is 0 Å². The number of carbonyl (C=O) groups excluding carboxylic acids is 1. The lowest BCUT2D eigenvalue weighted by atomic mass is 10.1. The molecule has 2 atom stereocenters. The van der Waals surface area contributed by atoms with Crippen LogP contribution in [0.25, 0.3) is 0 Å². The van der Waals surface area contributed by atoms with Gasteiger partial charge in [0.1, 0.15) is 6.04 Å². The first kappa shape index (κ1) is 14.6. The van der Waals surface area contributed by atoms with Crippen LogP contribution in [0.3, 0.4) is 0 Å². The molecule has 102 valence electrons. The Labute approximate surface area is 108 Å². The number of hydrogen-bond acceptors (Lipinski definition) is 4. The van der Waals surface area contributed by atoms with Gasteiger partial charge in [-0.1, -0.05) is 25.5 Å². The molecule has 0 aliphatic carbocycles. The van der Waals surface area contributed by atoms with Gasteiger partial charge in [-0.05, 0) is 19.8 Å². The third kappa shape index (κ3) is 3.80. The zero-order valence-corrected chi connectivity index (χ0v) is 11.4. The van der Waals surface area contributed by atoms with E-state index in [1.54, 1.807) is 17.8 Å². The summed E-state index contributed by atoms with van der Waals surface area (Å²) in [5.74, 6) is -0.0441. The Morgan fingerprint density at radius 2 is 2.22 bits per heavy atom. The summed E-state index contributed by atoms with van der Waals surface area (Å²) in [5.41, 5.74) is 6.70. The predicted molar refractivity (Wildman–Crippen MR) is 69.9 cm³/mol. The topological polar surface area (TPSA) is 85.8 Å². The molecule has 1 amide bonds. The van der Waals surface area contributed by atoms with Crippen molar-refractivity contribution in [2.75, 3.05) is 6.54 Å². The van der Waals surface area contributed by atoms with Crippen molar-refractivity contribution in [3.63, 3.8) is 0 Å². The van der Waals surface area contributed by atoms with Crippen LogP contribution in [-0.2, 0) is 4.79 Å². The van der Waals surface area contributed by atoms with Crippen molar-refractivity contribution in [1.82, 2.24) is 20.3 Å². The first-order valence-corrected chi connectivity index (χ1v) is 6.55. The maximum absolute atomic E-state index is 11.8. The van der Waals surface area contributed by atoms with Gasteiger partial charge in [-0.3, -0.25) is 4.79 Å². The summed E-state index contributed by atoms with van der Waals surface area (Å²) in [7, 11) is 0. The van der Waals surface area contributed by atoms with Gasteiger partial charge in [0.05, 0.1) is 17.9 Å². The van der Waals surface area contributed by atoms with Gasteiger partial charge in [-0.25, -0.2) is 4.68 Å². The van der Waals surface area contributed by atoms with Gasteiger partial charge in [0, 0.05) is 6.54 Å². The van der Waals surface area contributed by atoms with Crippen LogP contribution in [0.2, 0.25) is 0 Å². The number of nitrogens with one attached hydrogen (secondary N) is 1. The highest BCUT2D eigenvalue weighted by atomic mass is 16.2. The molecule has 0 fully saturated rings. The number of amides is 1. The smallest absolute Gasteiger partial charge is 0.244 e. The first-order chi connectivity index (χ1) is 8.60. The van der Waals surface area contributed by atoms with Crippen LogP contribution in [0.15, 0.2) is 6.20 Å². The Kier molecular flexibility index (Phi) is 5.77. The number of hydrogen-bond donors (Lipinski definition) is 2. The summed E-state index contributed by atoms with van der Waals surface area (Å²) in [6.07, 6.45) is 4.55. The summed E-state index contributed by atoms with van der Waals surface area (Å²) < 4.78 is 1.57. The largest absolute Gasteiger partial charge is 0.354 e. The van der Waals surface area contributed by atoms with E-state index in [9.17, 15) is 4.79 Å². The first-order valence-electron chi connectivity index (χ1n) is 6.55. The van der Waals surface area contributed by atoms with Gasteiger partial charge in [-0.15, -0.1) is 5.10 Å². The number of carbonyl (C=O) groups is 1. The molecule has 6 heteroatoms. The molecule has 0 radical (unpaired) electrons. The minimum atomic E-state index is -0.355. The van der Waals surface area contributed by atoms with E-state index in [1.807, 2.05) is 6.92 Å². The van der Waals surface area contributed by atoms with Crippen LogP contribution in [0.4, 0.5) is 0 Å². The Morgan fingerprint density at radius 1 is 1.50 bits per heavy atom. The molecule has 0 aromatic carbocycles. The maximum Gasteiger partial charge on any atom is 0.244 e. The molecule has 2 unspecified atom stereocenters. The molecule has 1 aromatic rings. The summed E-state index contributed by atoms with van der Waals surface area (Å²) in [4.78, 5) is 11.8. The predicted octanol–water partition coefficient (Wildman–Crippen LogP) is 1.17. The molecular weight excluding hydrogens is 230 g/mol. The normalized spacial score (nSPS) is 14.2. The second-order valence-corrected chi connectivity index (χ2v) is 4.49. The Balaban J connectivity index is 2.64. The van der Waals surface area contributed by atoms with Gasteiger partial charge >= 0.3 is 0 Å². The molecule has 0 bridgehead atoms. The standard InChI is InChI=1S/C12H23N5O/c1-4-6-10(13)11-8-17(16-15-11)9(3)12(18)14-7-5-2/h8-10H,4-7,13H2,1-3H3,(H,14,18). The van der Waals surface area contributed by atoms with E-state index in [-0.39, 0.29) is 18.0 Å². The molecule has 6 nitrogen and oxygen atoms in total. The lowest BCUT2D eigenvalue weighted by Crippen LogP contribution is -2.31. The van der Waals surface area contributed by atoms with Gasteiger partial charge in [-0.2, -0.15) is 0 Å². The quantitative estimate of drug-likeness (QED) is 0.763. The molecule has 3 N–H and O–H groups in total. The fraction of sp³-hybridized carbons (Fsp3) is 0.750. The number of nitrogens with two attached hydrogens (primary N) is 1. The van der Waals surface area contributed by atoms with E-state index in [1.165, 1.54) is 0 Å². The monoisotopic (exact) mass is 253 g/mol. The molecular formula is C12H23N5O. The van der Waals surface area contributed by atoms with Crippen molar-refractivity contribution in [3.05, 3.63) is 11.9 Å². The van der Waals surface area contributed by atoms with Crippen molar-refractivity contribution in [3.8, 4) is 0 Å². The van der Waals surface area contributed by atoms with Gasteiger partial charge < -0.3 is 11.1 Å². The van der Waals surface area contributed by atoms with Crippen LogP contribution >= 0.6 is 0 Å². The summed E-state index contributed by atoms with van der Waals surface area (Å²) >= 11 is 0. The highest BCUT2D eigenvalue weighted by Crippen LogP contribution is 2.14. The molecule has 0 saturated heterocycles. The lowest BCUT2D eigenvalue weighted by Gasteiger charge is -2.11. The number of rotatable bonds is 7. The second-order valence-electron chi connectivity index (χ2n) is 4.49. The van der Waals surface area contributed by atoms with Crippen molar-refractivity contribution in [1.29, 1.82) is 0 Å².